The highest BCUT2D eigenvalue weighted by atomic mass is 32.2. The van der Waals surface area contributed by atoms with E-state index in [1.165, 1.54) is 11.3 Å². The molecule has 0 saturated carbocycles. The molecule has 5 nitrogen and oxygen atoms in total. The van der Waals surface area contributed by atoms with Gasteiger partial charge in [0.15, 0.2) is 0 Å². The van der Waals surface area contributed by atoms with Gasteiger partial charge in [0.05, 0.1) is 22.9 Å². The van der Waals surface area contributed by atoms with E-state index in [-0.39, 0.29) is 17.1 Å². The third-order valence-corrected chi connectivity index (χ3v) is 5.51. The number of nitrogens with two attached hydrogens (primary N) is 1. The van der Waals surface area contributed by atoms with Crippen LogP contribution in [0.15, 0.2) is 22.4 Å². The van der Waals surface area contributed by atoms with Crippen molar-refractivity contribution in [2.24, 2.45) is 0 Å². The normalized spacial score (nSPS) is 11.8. The first-order chi connectivity index (χ1) is 9.31. The van der Waals surface area contributed by atoms with Crippen LogP contribution in [0.25, 0.3) is 0 Å². The fourth-order valence-electron chi connectivity index (χ4n) is 1.90. The van der Waals surface area contributed by atoms with Gasteiger partial charge in [0.2, 0.25) is 10.0 Å². The monoisotopic (exact) mass is 311 g/mol. The summed E-state index contributed by atoms with van der Waals surface area (Å²) in [6.07, 6.45) is 0. The summed E-state index contributed by atoms with van der Waals surface area (Å²) >= 11 is 1.49. The minimum atomic E-state index is -3.64. The Morgan fingerprint density at radius 1 is 1.30 bits per heavy atom. The fourth-order valence-corrected chi connectivity index (χ4v) is 3.94. The number of anilines is 1. The summed E-state index contributed by atoms with van der Waals surface area (Å²) in [5.41, 5.74) is 8.35. The average Bonchev–Trinajstić information content (AvgIpc) is 2.78. The van der Waals surface area contributed by atoms with E-state index in [4.69, 9.17) is 5.73 Å². The molecule has 0 fully saturated rings. The molecule has 20 heavy (non-hydrogen) atoms. The number of rotatable bonds is 4. The zero-order valence-electron chi connectivity index (χ0n) is 11.6. The quantitative estimate of drug-likeness (QED) is 0.847. The standard InChI is InChI=1S/C13H17N3O2S2/c1-8-4-5-12(14)13(9(8)2)20(17,18)15-6-11-7-19-10(3)16-11/h4-5,7,15H,6,14H2,1-3H3. The maximum Gasteiger partial charge on any atom is 0.243 e. The van der Waals surface area contributed by atoms with Gasteiger partial charge in [0, 0.05) is 5.38 Å². The second-order valence-electron chi connectivity index (χ2n) is 4.61. The van der Waals surface area contributed by atoms with Gasteiger partial charge in [-0.3, -0.25) is 0 Å². The molecule has 1 aromatic heterocycles. The summed E-state index contributed by atoms with van der Waals surface area (Å²) in [6.45, 7) is 5.66. The van der Waals surface area contributed by atoms with E-state index in [9.17, 15) is 8.42 Å². The first-order valence-corrected chi connectivity index (χ1v) is 8.44. The second kappa shape index (κ2) is 5.51. The van der Waals surface area contributed by atoms with Crippen LogP contribution in [0, 0.1) is 20.8 Å². The number of hydrogen-bond donors (Lipinski definition) is 2. The zero-order valence-corrected chi connectivity index (χ0v) is 13.2. The van der Waals surface area contributed by atoms with Crippen LogP contribution < -0.4 is 10.5 Å². The Morgan fingerprint density at radius 2 is 2.00 bits per heavy atom. The molecule has 3 N–H and O–H groups in total. The number of aromatic nitrogens is 1. The number of sulfonamides is 1. The Hall–Kier alpha value is -1.44. The average molecular weight is 311 g/mol. The van der Waals surface area contributed by atoms with Gasteiger partial charge in [-0.15, -0.1) is 11.3 Å². The number of nitrogens with zero attached hydrogens (tertiary/aromatic N) is 1. The molecule has 0 bridgehead atoms. The van der Waals surface area contributed by atoms with Gasteiger partial charge in [-0.1, -0.05) is 6.07 Å². The molecule has 2 rings (SSSR count). The van der Waals surface area contributed by atoms with Crippen molar-refractivity contribution in [1.29, 1.82) is 0 Å². The molecule has 0 atom stereocenters. The van der Waals surface area contributed by atoms with Crippen molar-refractivity contribution < 1.29 is 8.42 Å². The summed E-state index contributed by atoms with van der Waals surface area (Å²) in [5, 5.41) is 2.75. The first kappa shape index (κ1) is 15.0. The van der Waals surface area contributed by atoms with Crippen LogP contribution in [0.5, 0.6) is 0 Å². The predicted molar refractivity (Wildman–Crippen MR) is 81.2 cm³/mol. The maximum atomic E-state index is 12.4. The molecule has 1 heterocycles. The van der Waals surface area contributed by atoms with E-state index >= 15 is 0 Å². The lowest BCUT2D eigenvalue weighted by atomic mass is 10.1. The Labute approximate surface area is 122 Å². The van der Waals surface area contributed by atoms with E-state index in [2.05, 4.69) is 9.71 Å². The van der Waals surface area contributed by atoms with Gasteiger partial charge in [-0.25, -0.2) is 18.1 Å². The molecule has 0 saturated heterocycles. The van der Waals surface area contributed by atoms with Crippen LogP contribution in [0.1, 0.15) is 21.8 Å². The SMILES string of the molecule is Cc1nc(CNS(=O)(=O)c2c(N)ccc(C)c2C)cs1. The van der Waals surface area contributed by atoms with Crippen LogP contribution in [0.3, 0.4) is 0 Å². The van der Waals surface area contributed by atoms with Crippen molar-refractivity contribution in [3.63, 3.8) is 0 Å². The third-order valence-electron chi connectivity index (χ3n) is 3.09. The van der Waals surface area contributed by atoms with E-state index < -0.39 is 10.0 Å². The topological polar surface area (TPSA) is 85.1 Å². The number of thiazole rings is 1. The summed E-state index contributed by atoms with van der Waals surface area (Å²) in [6, 6.07) is 3.43. The van der Waals surface area contributed by atoms with Crippen molar-refractivity contribution >= 4 is 27.0 Å². The first-order valence-electron chi connectivity index (χ1n) is 6.07. The predicted octanol–water partition coefficient (Wildman–Crippen LogP) is 2.13. The largest absolute Gasteiger partial charge is 0.398 e. The molecule has 0 spiro atoms. The van der Waals surface area contributed by atoms with Crippen LogP contribution in [0.4, 0.5) is 5.69 Å². The van der Waals surface area contributed by atoms with Gasteiger partial charge < -0.3 is 5.73 Å². The van der Waals surface area contributed by atoms with E-state index in [0.29, 0.717) is 11.3 Å². The number of nitrogens with one attached hydrogen (secondary N) is 1. The van der Waals surface area contributed by atoms with Gasteiger partial charge in [-0.05, 0) is 38.0 Å². The summed E-state index contributed by atoms with van der Waals surface area (Å²) in [4.78, 5) is 4.39. The van der Waals surface area contributed by atoms with Crippen LogP contribution >= 0.6 is 11.3 Å². The lowest BCUT2D eigenvalue weighted by Crippen LogP contribution is -2.25. The van der Waals surface area contributed by atoms with E-state index in [0.717, 1.165) is 10.6 Å². The molecular weight excluding hydrogens is 294 g/mol. The molecule has 0 aliphatic rings. The van der Waals surface area contributed by atoms with Crippen LogP contribution in [-0.4, -0.2) is 13.4 Å². The molecule has 0 aliphatic heterocycles. The summed E-state index contributed by atoms with van der Waals surface area (Å²) < 4.78 is 27.3. The molecular formula is C13H17N3O2S2. The van der Waals surface area contributed by atoms with Crippen molar-refractivity contribution in [2.75, 3.05) is 5.73 Å². The maximum absolute atomic E-state index is 12.4. The molecule has 0 amide bonds. The van der Waals surface area contributed by atoms with Crippen molar-refractivity contribution in [2.45, 2.75) is 32.2 Å². The molecule has 0 radical (unpaired) electrons. The molecule has 108 valence electrons. The highest BCUT2D eigenvalue weighted by Crippen LogP contribution is 2.25. The van der Waals surface area contributed by atoms with Crippen molar-refractivity contribution in [3.8, 4) is 0 Å². The number of aryl methyl sites for hydroxylation is 2. The van der Waals surface area contributed by atoms with Crippen molar-refractivity contribution in [3.05, 3.63) is 39.3 Å². The molecule has 7 heteroatoms. The second-order valence-corrected chi connectivity index (χ2v) is 7.37. The number of hydrogen-bond acceptors (Lipinski definition) is 5. The lowest BCUT2D eigenvalue weighted by Gasteiger charge is -2.13. The Kier molecular flexibility index (Phi) is 4.12. The van der Waals surface area contributed by atoms with E-state index in [1.807, 2.05) is 25.3 Å². The lowest BCUT2D eigenvalue weighted by molar-refractivity contribution is 0.580. The third kappa shape index (κ3) is 3.00. The fraction of sp³-hybridized carbons (Fsp3) is 0.308. The van der Waals surface area contributed by atoms with Gasteiger partial charge in [-0.2, -0.15) is 0 Å². The van der Waals surface area contributed by atoms with Crippen molar-refractivity contribution in [1.82, 2.24) is 9.71 Å². The number of benzene rings is 1. The minimum absolute atomic E-state index is 0.157. The molecule has 0 unspecified atom stereocenters. The Balaban J connectivity index is 2.29. The Bertz CT molecular complexity index is 736. The summed E-state index contributed by atoms with van der Waals surface area (Å²) in [5.74, 6) is 0. The van der Waals surface area contributed by atoms with Gasteiger partial charge in [0.1, 0.15) is 4.90 Å². The van der Waals surface area contributed by atoms with Crippen LogP contribution in [-0.2, 0) is 16.6 Å². The Morgan fingerprint density at radius 3 is 2.60 bits per heavy atom. The van der Waals surface area contributed by atoms with Crippen LogP contribution in [0.2, 0.25) is 0 Å². The minimum Gasteiger partial charge on any atom is -0.398 e. The van der Waals surface area contributed by atoms with E-state index in [1.54, 1.807) is 13.0 Å². The zero-order chi connectivity index (χ0) is 14.9. The highest BCUT2D eigenvalue weighted by Gasteiger charge is 2.21. The highest BCUT2D eigenvalue weighted by molar-refractivity contribution is 7.89. The summed E-state index contributed by atoms with van der Waals surface area (Å²) in [7, 11) is -3.64. The van der Waals surface area contributed by atoms with Gasteiger partial charge in [0.25, 0.3) is 0 Å². The molecule has 0 aliphatic carbocycles. The molecule has 2 aromatic rings. The number of nitrogen functional groups attached to an aromatic ring is 1. The smallest absolute Gasteiger partial charge is 0.243 e. The van der Waals surface area contributed by atoms with Gasteiger partial charge >= 0.3 is 0 Å². The molecule has 1 aromatic carbocycles.